The summed E-state index contributed by atoms with van der Waals surface area (Å²) >= 11 is 0. The fraction of sp³-hybridized carbons (Fsp3) is 0.667. The number of rotatable bonds is 5. The number of nitrogens with one attached hydrogen (secondary N) is 1. The van der Waals surface area contributed by atoms with Crippen molar-refractivity contribution in [2.45, 2.75) is 51.9 Å². The molecule has 3 N–H and O–H groups in total. The zero-order valence-corrected chi connectivity index (χ0v) is 12.3. The molecule has 1 aliphatic rings. The molecule has 0 aromatic carbocycles. The fourth-order valence-electron chi connectivity index (χ4n) is 2.78. The number of aliphatic carboxylic acids is 1. The zero-order valence-electron chi connectivity index (χ0n) is 12.3. The molecule has 0 heterocycles. The van der Waals surface area contributed by atoms with Crippen molar-refractivity contribution < 1.29 is 19.8 Å². The van der Waals surface area contributed by atoms with Gasteiger partial charge < -0.3 is 15.5 Å². The minimum absolute atomic E-state index is 0.184. The van der Waals surface area contributed by atoms with Crippen LogP contribution in [0.2, 0.25) is 0 Å². The third-order valence-corrected chi connectivity index (χ3v) is 4.10. The van der Waals surface area contributed by atoms with Crippen LogP contribution in [0, 0.1) is 16.7 Å². The van der Waals surface area contributed by atoms with E-state index in [-0.39, 0.29) is 17.9 Å². The number of aliphatic hydroxyl groups is 1. The Labute approximate surface area is 124 Å². The molecule has 116 valence electrons. The largest absolute Gasteiger partial charge is 0.511 e. The summed E-state index contributed by atoms with van der Waals surface area (Å²) in [6.07, 6.45) is 5.46. The summed E-state index contributed by atoms with van der Waals surface area (Å²) < 4.78 is 0. The van der Waals surface area contributed by atoms with Crippen LogP contribution in [0.4, 0.5) is 0 Å². The average Bonchev–Trinajstić information content (AvgIpc) is 2.65. The third-order valence-electron chi connectivity index (χ3n) is 4.10. The van der Waals surface area contributed by atoms with Crippen LogP contribution in [0.3, 0.4) is 0 Å². The molecule has 1 fully saturated rings. The highest BCUT2D eigenvalue weighted by molar-refractivity contribution is 5.97. The maximum Gasteiger partial charge on any atom is 0.309 e. The second-order valence-electron chi connectivity index (χ2n) is 5.58. The molecule has 0 radical (unpaired) electrons. The van der Waals surface area contributed by atoms with E-state index in [2.05, 4.69) is 5.32 Å². The van der Waals surface area contributed by atoms with Crippen LogP contribution in [-0.2, 0) is 9.59 Å². The summed E-state index contributed by atoms with van der Waals surface area (Å²) in [6.45, 7) is 1.45. The van der Waals surface area contributed by atoms with Crippen LogP contribution < -0.4 is 5.32 Å². The molecular weight excluding hydrogens is 272 g/mol. The smallest absolute Gasteiger partial charge is 0.309 e. The van der Waals surface area contributed by atoms with Gasteiger partial charge in [0.25, 0.3) is 5.91 Å². The summed E-state index contributed by atoms with van der Waals surface area (Å²) in [6, 6.07) is 1.63. The van der Waals surface area contributed by atoms with Crippen molar-refractivity contribution in [2.24, 2.45) is 5.41 Å². The molecule has 0 bridgehead atoms. The minimum Gasteiger partial charge on any atom is -0.511 e. The Kier molecular flexibility index (Phi) is 6.22. The van der Waals surface area contributed by atoms with E-state index in [1.807, 2.05) is 0 Å². The van der Waals surface area contributed by atoms with Crippen LogP contribution in [0.5, 0.6) is 0 Å². The number of aliphatic hydroxyl groups excluding tert-OH is 1. The van der Waals surface area contributed by atoms with Gasteiger partial charge in [-0.15, -0.1) is 0 Å². The minimum atomic E-state index is -0.812. The lowest BCUT2D eigenvalue weighted by molar-refractivity contribution is -0.150. The van der Waals surface area contributed by atoms with Gasteiger partial charge >= 0.3 is 5.97 Å². The van der Waals surface area contributed by atoms with E-state index in [1.165, 1.54) is 6.92 Å². The van der Waals surface area contributed by atoms with Gasteiger partial charge in [-0.3, -0.25) is 9.59 Å². The normalized spacial score (nSPS) is 18.9. The molecule has 0 saturated heterocycles. The standard InChI is InChI=1S/C15H22N2O4/c1-11(18)12(10-16)13(19)17-9-8-15(14(20)21)6-4-2-3-5-7-15/h18H,2-9H2,1H3,(H,17,19)(H,20,21). The Morgan fingerprint density at radius 1 is 1.19 bits per heavy atom. The number of hydrogen-bond acceptors (Lipinski definition) is 4. The highest BCUT2D eigenvalue weighted by Crippen LogP contribution is 2.38. The summed E-state index contributed by atoms with van der Waals surface area (Å²) in [5.74, 6) is -1.81. The first-order valence-electron chi connectivity index (χ1n) is 7.24. The van der Waals surface area contributed by atoms with Crippen LogP contribution in [0.25, 0.3) is 0 Å². The molecular formula is C15H22N2O4. The lowest BCUT2D eigenvalue weighted by Crippen LogP contribution is -2.36. The van der Waals surface area contributed by atoms with Crippen LogP contribution in [0.1, 0.15) is 51.9 Å². The molecule has 1 rings (SSSR count). The number of carboxylic acids is 1. The van der Waals surface area contributed by atoms with Crippen LogP contribution in [-0.4, -0.2) is 28.6 Å². The number of carbonyl (C=O) groups is 2. The summed E-state index contributed by atoms with van der Waals surface area (Å²) in [4.78, 5) is 23.3. The second kappa shape index (κ2) is 7.67. The average molecular weight is 294 g/mol. The van der Waals surface area contributed by atoms with Crippen molar-refractivity contribution in [3.05, 3.63) is 11.3 Å². The van der Waals surface area contributed by atoms with Gasteiger partial charge in [0.1, 0.15) is 11.8 Å². The highest BCUT2D eigenvalue weighted by atomic mass is 16.4. The SMILES string of the molecule is CC(O)=C(C#N)C(=O)NCCC1(C(=O)O)CCCCCC1. The van der Waals surface area contributed by atoms with Crippen molar-refractivity contribution in [1.82, 2.24) is 5.32 Å². The molecule has 0 atom stereocenters. The molecule has 0 aliphatic heterocycles. The number of nitrogens with zero attached hydrogens (tertiary/aromatic N) is 1. The molecule has 21 heavy (non-hydrogen) atoms. The molecule has 0 aromatic rings. The van der Waals surface area contributed by atoms with Crippen molar-refractivity contribution in [3.8, 4) is 6.07 Å². The molecule has 1 amide bonds. The number of nitriles is 1. The topological polar surface area (TPSA) is 110 Å². The van der Waals surface area contributed by atoms with Gasteiger partial charge in [-0.2, -0.15) is 5.26 Å². The Morgan fingerprint density at radius 3 is 2.19 bits per heavy atom. The molecule has 6 heteroatoms. The molecule has 0 aromatic heterocycles. The summed E-state index contributed by atoms with van der Waals surface area (Å²) in [7, 11) is 0. The number of carbonyl (C=O) groups excluding carboxylic acids is 1. The summed E-state index contributed by atoms with van der Waals surface area (Å²) in [5, 5.41) is 30.0. The van der Waals surface area contributed by atoms with E-state index < -0.39 is 17.3 Å². The first kappa shape index (κ1) is 17.0. The Bertz CT molecular complexity index is 465. The molecule has 0 spiro atoms. The number of hydrogen-bond donors (Lipinski definition) is 3. The van der Waals surface area contributed by atoms with E-state index in [9.17, 15) is 19.8 Å². The monoisotopic (exact) mass is 294 g/mol. The van der Waals surface area contributed by atoms with Crippen LogP contribution >= 0.6 is 0 Å². The predicted molar refractivity (Wildman–Crippen MR) is 76.3 cm³/mol. The highest BCUT2D eigenvalue weighted by Gasteiger charge is 2.38. The lowest BCUT2D eigenvalue weighted by atomic mass is 9.77. The first-order valence-corrected chi connectivity index (χ1v) is 7.24. The predicted octanol–water partition coefficient (Wildman–Crippen LogP) is 2.27. The van der Waals surface area contributed by atoms with E-state index >= 15 is 0 Å². The molecule has 1 aliphatic carbocycles. The van der Waals surface area contributed by atoms with Gasteiger partial charge in [-0.05, 0) is 26.2 Å². The van der Waals surface area contributed by atoms with Gasteiger partial charge in [-0.1, -0.05) is 25.7 Å². The van der Waals surface area contributed by atoms with Gasteiger partial charge in [0, 0.05) is 6.54 Å². The summed E-state index contributed by atoms with van der Waals surface area (Å²) in [5.41, 5.74) is -1.12. The van der Waals surface area contributed by atoms with E-state index in [0.29, 0.717) is 19.3 Å². The molecule has 6 nitrogen and oxygen atoms in total. The Hall–Kier alpha value is -2.03. The van der Waals surface area contributed by atoms with Crippen LogP contribution in [0.15, 0.2) is 11.3 Å². The zero-order chi connectivity index (χ0) is 15.9. The van der Waals surface area contributed by atoms with Gasteiger partial charge in [0.2, 0.25) is 0 Å². The van der Waals surface area contributed by atoms with Gasteiger partial charge in [-0.25, -0.2) is 0 Å². The maximum atomic E-state index is 11.7. The maximum absolute atomic E-state index is 11.7. The van der Waals surface area contributed by atoms with E-state index in [1.54, 1.807) is 6.07 Å². The van der Waals surface area contributed by atoms with Crippen molar-refractivity contribution >= 4 is 11.9 Å². The van der Waals surface area contributed by atoms with Crippen molar-refractivity contribution in [2.75, 3.05) is 6.54 Å². The van der Waals surface area contributed by atoms with Crippen molar-refractivity contribution in [3.63, 3.8) is 0 Å². The number of carboxylic acid groups (broad SMARTS) is 1. The second-order valence-corrected chi connectivity index (χ2v) is 5.58. The molecule has 0 unspecified atom stereocenters. The number of amides is 1. The Balaban J connectivity index is 2.63. The van der Waals surface area contributed by atoms with E-state index in [4.69, 9.17) is 5.26 Å². The third kappa shape index (κ3) is 4.48. The first-order chi connectivity index (χ1) is 9.93. The lowest BCUT2D eigenvalue weighted by Gasteiger charge is -2.28. The van der Waals surface area contributed by atoms with Gasteiger partial charge in [0.15, 0.2) is 5.57 Å². The van der Waals surface area contributed by atoms with E-state index in [0.717, 1.165) is 25.7 Å². The Morgan fingerprint density at radius 2 is 1.76 bits per heavy atom. The fourth-order valence-corrected chi connectivity index (χ4v) is 2.78. The van der Waals surface area contributed by atoms with Crippen molar-refractivity contribution in [1.29, 1.82) is 5.26 Å². The molecule has 1 saturated carbocycles. The quantitative estimate of drug-likeness (QED) is 0.312. The van der Waals surface area contributed by atoms with Gasteiger partial charge in [0.05, 0.1) is 5.41 Å². The number of allylic oxidation sites excluding steroid dienone is 1.